The van der Waals surface area contributed by atoms with Gasteiger partial charge in [0.2, 0.25) is 0 Å². The molecule has 0 saturated heterocycles. The van der Waals surface area contributed by atoms with Gasteiger partial charge in [0.25, 0.3) is 5.91 Å². The van der Waals surface area contributed by atoms with E-state index in [0.29, 0.717) is 5.13 Å². The molecule has 0 spiro atoms. The third-order valence-corrected chi connectivity index (χ3v) is 3.77. The van der Waals surface area contributed by atoms with E-state index in [1.807, 2.05) is 25.1 Å². The number of amides is 1. The van der Waals surface area contributed by atoms with Crippen molar-refractivity contribution in [2.75, 3.05) is 5.32 Å². The van der Waals surface area contributed by atoms with Gasteiger partial charge in [-0.05, 0) is 24.6 Å². The first-order valence-corrected chi connectivity index (χ1v) is 6.81. The highest BCUT2D eigenvalue weighted by Gasteiger charge is 2.12. The first kappa shape index (κ1) is 12.6. The van der Waals surface area contributed by atoms with E-state index in [1.54, 1.807) is 0 Å². The van der Waals surface area contributed by atoms with E-state index in [0.717, 1.165) is 15.8 Å². The predicted molar refractivity (Wildman–Crippen MR) is 79.4 cm³/mol. The predicted octanol–water partition coefficient (Wildman–Crippen LogP) is 2.55. The van der Waals surface area contributed by atoms with Gasteiger partial charge in [-0.25, -0.2) is 4.98 Å². The fraction of sp³-hybridized carbons (Fsp3) is 0.0714. The minimum atomic E-state index is -0.456. The zero-order valence-corrected chi connectivity index (χ0v) is 11.5. The summed E-state index contributed by atoms with van der Waals surface area (Å²) >= 11 is 1.38. The van der Waals surface area contributed by atoms with Gasteiger partial charge in [-0.1, -0.05) is 17.4 Å². The summed E-state index contributed by atoms with van der Waals surface area (Å²) < 4.78 is 1.00. The molecule has 2 aromatic heterocycles. The molecule has 6 heteroatoms. The molecule has 3 rings (SSSR count). The lowest BCUT2D eigenvalue weighted by Crippen LogP contribution is -2.20. The molecule has 100 valence electrons. The number of thiazole rings is 1. The van der Waals surface area contributed by atoms with Gasteiger partial charge in [0.15, 0.2) is 10.6 Å². The molecule has 0 aliphatic carbocycles. The summed E-state index contributed by atoms with van der Waals surface area (Å²) in [5.41, 5.74) is 1.72. The van der Waals surface area contributed by atoms with Crippen LogP contribution < -0.4 is 10.7 Å². The Morgan fingerprint density at radius 2 is 2.20 bits per heavy atom. The van der Waals surface area contributed by atoms with E-state index >= 15 is 0 Å². The van der Waals surface area contributed by atoms with Crippen molar-refractivity contribution in [3.63, 3.8) is 0 Å². The molecule has 5 nitrogen and oxygen atoms in total. The molecule has 2 N–H and O–H groups in total. The maximum Gasteiger partial charge on any atom is 0.262 e. The van der Waals surface area contributed by atoms with Crippen LogP contribution in [0.1, 0.15) is 15.9 Å². The Kier molecular flexibility index (Phi) is 3.08. The Bertz CT molecular complexity index is 851. The molecule has 0 aliphatic rings. The molecule has 2 heterocycles. The number of carbonyl (C=O) groups excluding carboxylic acids is 1. The van der Waals surface area contributed by atoms with Crippen LogP contribution in [0.2, 0.25) is 0 Å². The highest BCUT2D eigenvalue weighted by atomic mass is 32.1. The molecule has 0 unspecified atom stereocenters. The minimum Gasteiger partial charge on any atom is -0.367 e. The van der Waals surface area contributed by atoms with Gasteiger partial charge in [0.1, 0.15) is 5.56 Å². The average molecular weight is 285 g/mol. The van der Waals surface area contributed by atoms with E-state index in [4.69, 9.17) is 0 Å². The van der Waals surface area contributed by atoms with Crippen molar-refractivity contribution in [1.29, 1.82) is 0 Å². The van der Waals surface area contributed by atoms with Crippen LogP contribution in [0.4, 0.5) is 5.13 Å². The number of aromatic nitrogens is 2. The van der Waals surface area contributed by atoms with Crippen LogP contribution in [0.3, 0.4) is 0 Å². The quantitative estimate of drug-likeness (QED) is 0.759. The summed E-state index contributed by atoms with van der Waals surface area (Å²) in [5, 5.41) is 3.14. The minimum absolute atomic E-state index is 0.0722. The fourth-order valence-electron chi connectivity index (χ4n) is 1.84. The average Bonchev–Trinajstić information content (AvgIpc) is 2.80. The van der Waals surface area contributed by atoms with Crippen molar-refractivity contribution in [1.82, 2.24) is 9.97 Å². The zero-order chi connectivity index (χ0) is 14.1. The third kappa shape index (κ3) is 2.33. The molecule has 0 aliphatic heterocycles. The normalized spacial score (nSPS) is 10.7. The van der Waals surface area contributed by atoms with E-state index in [2.05, 4.69) is 15.3 Å². The van der Waals surface area contributed by atoms with E-state index in [9.17, 15) is 9.59 Å². The number of aryl methyl sites for hydroxylation is 1. The van der Waals surface area contributed by atoms with Crippen molar-refractivity contribution in [3.05, 3.63) is 58.0 Å². The third-order valence-electron chi connectivity index (χ3n) is 2.83. The highest BCUT2D eigenvalue weighted by Crippen LogP contribution is 2.26. The number of H-pyrrole nitrogens is 1. The molecule has 0 fully saturated rings. The van der Waals surface area contributed by atoms with Crippen molar-refractivity contribution in [3.8, 4) is 0 Å². The van der Waals surface area contributed by atoms with Gasteiger partial charge in [0.05, 0.1) is 10.2 Å². The molecule has 1 aromatic carbocycles. The second-order valence-electron chi connectivity index (χ2n) is 4.37. The lowest BCUT2D eigenvalue weighted by Gasteiger charge is -1.99. The van der Waals surface area contributed by atoms with Gasteiger partial charge in [-0.15, -0.1) is 0 Å². The number of aromatic amines is 1. The maximum atomic E-state index is 12.0. The second kappa shape index (κ2) is 4.90. The van der Waals surface area contributed by atoms with Crippen LogP contribution in [-0.4, -0.2) is 15.9 Å². The Labute approximate surface area is 118 Å². The standard InChI is InChI=1S/C14H11N3O2S/c1-8-2-3-10-12(6-8)20-14(16-10)17-13(19)9-7-15-5-4-11(9)18/h2-7H,1H3,(H,15,18)(H,16,17,19). The number of pyridine rings is 1. The summed E-state index contributed by atoms with van der Waals surface area (Å²) in [6.45, 7) is 2.00. The van der Waals surface area contributed by atoms with Crippen LogP contribution in [0, 0.1) is 6.92 Å². The molecule has 0 radical (unpaired) electrons. The Hall–Kier alpha value is -2.47. The molecular formula is C14H11N3O2S. The number of rotatable bonds is 2. The number of benzene rings is 1. The largest absolute Gasteiger partial charge is 0.367 e. The van der Waals surface area contributed by atoms with E-state index in [-0.39, 0.29) is 11.0 Å². The van der Waals surface area contributed by atoms with Gasteiger partial charge < -0.3 is 4.98 Å². The molecule has 0 bridgehead atoms. The summed E-state index contributed by atoms with van der Waals surface area (Å²) in [5.74, 6) is -0.456. The van der Waals surface area contributed by atoms with Crippen molar-refractivity contribution >= 4 is 32.6 Å². The van der Waals surface area contributed by atoms with Crippen LogP contribution in [-0.2, 0) is 0 Å². The monoisotopic (exact) mass is 285 g/mol. The van der Waals surface area contributed by atoms with Gasteiger partial charge >= 0.3 is 0 Å². The number of hydrogen-bond acceptors (Lipinski definition) is 4. The Morgan fingerprint density at radius 1 is 1.35 bits per heavy atom. The topological polar surface area (TPSA) is 74.8 Å². The van der Waals surface area contributed by atoms with Crippen molar-refractivity contribution < 1.29 is 4.79 Å². The molecular weight excluding hydrogens is 274 g/mol. The maximum absolute atomic E-state index is 12.0. The van der Waals surface area contributed by atoms with E-state index < -0.39 is 5.91 Å². The van der Waals surface area contributed by atoms with Gasteiger partial charge in [-0.3, -0.25) is 14.9 Å². The first-order chi connectivity index (χ1) is 9.63. The summed E-state index contributed by atoms with van der Waals surface area (Å²) in [4.78, 5) is 30.6. The lowest BCUT2D eigenvalue weighted by molar-refractivity contribution is 0.102. The summed E-state index contributed by atoms with van der Waals surface area (Å²) in [6.07, 6.45) is 2.87. The van der Waals surface area contributed by atoms with Gasteiger partial charge in [-0.2, -0.15) is 0 Å². The molecule has 3 aromatic rings. The van der Waals surface area contributed by atoms with Crippen molar-refractivity contribution in [2.45, 2.75) is 6.92 Å². The number of anilines is 1. The van der Waals surface area contributed by atoms with Crippen LogP contribution >= 0.6 is 11.3 Å². The van der Waals surface area contributed by atoms with Crippen LogP contribution in [0.15, 0.2) is 41.5 Å². The number of nitrogens with one attached hydrogen (secondary N) is 2. The Morgan fingerprint density at radius 3 is 3.00 bits per heavy atom. The number of hydrogen-bond donors (Lipinski definition) is 2. The molecule has 0 saturated carbocycles. The SMILES string of the molecule is Cc1ccc2nc(NC(=O)c3c[nH]ccc3=O)sc2c1. The van der Waals surface area contributed by atoms with Crippen molar-refractivity contribution in [2.24, 2.45) is 0 Å². The summed E-state index contributed by atoms with van der Waals surface area (Å²) in [7, 11) is 0. The fourth-order valence-corrected chi connectivity index (χ4v) is 2.80. The Balaban J connectivity index is 1.91. The zero-order valence-electron chi connectivity index (χ0n) is 10.6. The highest BCUT2D eigenvalue weighted by molar-refractivity contribution is 7.22. The first-order valence-electron chi connectivity index (χ1n) is 5.99. The summed E-state index contributed by atoms with van der Waals surface area (Å²) in [6, 6.07) is 7.20. The van der Waals surface area contributed by atoms with Gasteiger partial charge in [0, 0.05) is 18.5 Å². The number of carbonyl (C=O) groups is 1. The second-order valence-corrected chi connectivity index (χ2v) is 5.40. The molecule has 1 amide bonds. The number of fused-ring (bicyclic) bond motifs is 1. The molecule has 20 heavy (non-hydrogen) atoms. The van der Waals surface area contributed by atoms with E-state index in [1.165, 1.54) is 29.8 Å². The van der Waals surface area contributed by atoms with Crippen LogP contribution in [0.5, 0.6) is 0 Å². The lowest BCUT2D eigenvalue weighted by atomic mass is 10.2. The molecule has 0 atom stereocenters. The smallest absolute Gasteiger partial charge is 0.262 e. The van der Waals surface area contributed by atoms with Crippen LogP contribution in [0.25, 0.3) is 10.2 Å². The number of nitrogens with zero attached hydrogens (tertiary/aromatic N) is 1.